The number of aliphatic hydroxyl groups is 1. The number of benzene rings is 1. The second-order valence-corrected chi connectivity index (χ2v) is 3.92. The molecule has 0 bridgehead atoms. The molecule has 0 heterocycles. The SMILES string of the molecule is CCCC(C#CCO)OCc1ccc(OC)cc1. The lowest BCUT2D eigenvalue weighted by Crippen LogP contribution is -2.10. The molecular formula is C15H20O3. The topological polar surface area (TPSA) is 38.7 Å². The minimum absolute atomic E-state index is 0.107. The zero-order valence-corrected chi connectivity index (χ0v) is 11.0. The molecule has 0 saturated heterocycles. The van der Waals surface area contributed by atoms with Crippen molar-refractivity contribution in [2.45, 2.75) is 32.5 Å². The van der Waals surface area contributed by atoms with Crippen LogP contribution >= 0.6 is 0 Å². The average Bonchev–Trinajstić information content (AvgIpc) is 2.42. The molecule has 1 aromatic rings. The summed E-state index contributed by atoms with van der Waals surface area (Å²) in [6.07, 6.45) is 1.78. The summed E-state index contributed by atoms with van der Waals surface area (Å²) in [6.45, 7) is 2.49. The first-order valence-electron chi connectivity index (χ1n) is 6.14. The smallest absolute Gasteiger partial charge is 0.118 e. The van der Waals surface area contributed by atoms with E-state index in [9.17, 15) is 0 Å². The lowest BCUT2D eigenvalue weighted by Gasteiger charge is -2.11. The molecule has 0 spiro atoms. The first-order chi connectivity index (χ1) is 8.80. The molecule has 98 valence electrons. The van der Waals surface area contributed by atoms with Gasteiger partial charge in [0.2, 0.25) is 0 Å². The van der Waals surface area contributed by atoms with Gasteiger partial charge in [-0.15, -0.1) is 0 Å². The summed E-state index contributed by atoms with van der Waals surface area (Å²) in [5, 5.41) is 8.68. The molecule has 1 unspecified atom stereocenters. The summed E-state index contributed by atoms with van der Waals surface area (Å²) in [5.41, 5.74) is 1.09. The van der Waals surface area contributed by atoms with E-state index >= 15 is 0 Å². The van der Waals surface area contributed by atoms with Crippen molar-refractivity contribution in [2.75, 3.05) is 13.7 Å². The Balaban J connectivity index is 2.49. The number of aliphatic hydroxyl groups excluding tert-OH is 1. The molecule has 3 heteroatoms. The van der Waals surface area contributed by atoms with E-state index in [1.807, 2.05) is 24.3 Å². The monoisotopic (exact) mass is 248 g/mol. The zero-order chi connectivity index (χ0) is 13.2. The number of ether oxygens (including phenoxy) is 2. The van der Waals surface area contributed by atoms with E-state index in [2.05, 4.69) is 18.8 Å². The third kappa shape index (κ3) is 5.22. The van der Waals surface area contributed by atoms with E-state index in [4.69, 9.17) is 14.6 Å². The molecule has 0 aliphatic carbocycles. The van der Waals surface area contributed by atoms with Gasteiger partial charge in [0, 0.05) is 0 Å². The maximum atomic E-state index is 8.68. The maximum Gasteiger partial charge on any atom is 0.118 e. The number of hydrogen-bond acceptors (Lipinski definition) is 3. The van der Waals surface area contributed by atoms with Gasteiger partial charge in [-0.3, -0.25) is 0 Å². The van der Waals surface area contributed by atoms with E-state index in [-0.39, 0.29) is 12.7 Å². The van der Waals surface area contributed by atoms with Crippen LogP contribution in [-0.4, -0.2) is 24.9 Å². The Morgan fingerprint density at radius 3 is 2.56 bits per heavy atom. The molecule has 0 aliphatic heterocycles. The van der Waals surface area contributed by atoms with Gasteiger partial charge in [0.15, 0.2) is 0 Å². The quantitative estimate of drug-likeness (QED) is 0.786. The van der Waals surface area contributed by atoms with E-state index in [0.717, 1.165) is 24.2 Å². The Morgan fingerprint density at radius 2 is 2.00 bits per heavy atom. The highest BCUT2D eigenvalue weighted by Crippen LogP contribution is 2.13. The Labute approximate surface area is 109 Å². The molecule has 0 amide bonds. The van der Waals surface area contributed by atoms with Gasteiger partial charge in [-0.2, -0.15) is 0 Å². The van der Waals surface area contributed by atoms with Crippen LogP contribution in [0.1, 0.15) is 25.3 Å². The number of methoxy groups -OCH3 is 1. The summed E-state index contributed by atoms with van der Waals surface area (Å²) in [5.74, 6) is 6.40. The van der Waals surface area contributed by atoms with Crippen LogP contribution in [0.2, 0.25) is 0 Å². The summed E-state index contributed by atoms with van der Waals surface area (Å²) < 4.78 is 10.8. The Bertz CT molecular complexity index is 386. The van der Waals surface area contributed by atoms with Gasteiger partial charge >= 0.3 is 0 Å². The first-order valence-corrected chi connectivity index (χ1v) is 6.14. The van der Waals surface area contributed by atoms with E-state index in [0.29, 0.717) is 6.61 Å². The highest BCUT2D eigenvalue weighted by molar-refractivity contribution is 5.26. The van der Waals surface area contributed by atoms with Crippen LogP contribution in [0.4, 0.5) is 0 Å². The van der Waals surface area contributed by atoms with E-state index in [1.54, 1.807) is 7.11 Å². The molecule has 1 N–H and O–H groups in total. The van der Waals surface area contributed by atoms with Crippen LogP contribution in [0, 0.1) is 11.8 Å². The van der Waals surface area contributed by atoms with Gasteiger partial charge in [-0.05, 0) is 24.1 Å². The van der Waals surface area contributed by atoms with Crippen LogP contribution < -0.4 is 4.74 Å². The predicted molar refractivity (Wildman–Crippen MR) is 71.3 cm³/mol. The Hall–Kier alpha value is -1.50. The molecule has 0 fully saturated rings. The number of hydrogen-bond donors (Lipinski definition) is 1. The lowest BCUT2D eigenvalue weighted by molar-refractivity contribution is 0.0720. The van der Waals surface area contributed by atoms with Gasteiger partial charge in [-0.25, -0.2) is 0 Å². The van der Waals surface area contributed by atoms with Crippen molar-refractivity contribution in [3.8, 4) is 17.6 Å². The van der Waals surface area contributed by atoms with Crippen molar-refractivity contribution >= 4 is 0 Å². The molecule has 0 aliphatic rings. The van der Waals surface area contributed by atoms with Crippen LogP contribution in [0.5, 0.6) is 5.75 Å². The van der Waals surface area contributed by atoms with Crippen molar-refractivity contribution in [1.29, 1.82) is 0 Å². The summed E-state index contributed by atoms with van der Waals surface area (Å²) in [6, 6.07) is 7.77. The van der Waals surface area contributed by atoms with Gasteiger partial charge in [0.05, 0.1) is 13.7 Å². The lowest BCUT2D eigenvalue weighted by atomic mass is 10.2. The third-order valence-corrected chi connectivity index (χ3v) is 2.50. The fraction of sp³-hybridized carbons (Fsp3) is 0.467. The second-order valence-electron chi connectivity index (χ2n) is 3.92. The molecule has 1 atom stereocenters. The number of rotatable bonds is 6. The first kappa shape index (κ1) is 14.6. The van der Waals surface area contributed by atoms with Gasteiger partial charge in [0.1, 0.15) is 18.5 Å². The molecule has 0 aromatic heterocycles. The predicted octanol–water partition coefficient (Wildman–Crippen LogP) is 2.38. The molecule has 18 heavy (non-hydrogen) atoms. The second kappa shape index (κ2) is 8.57. The van der Waals surface area contributed by atoms with Crippen molar-refractivity contribution in [3.63, 3.8) is 0 Å². The summed E-state index contributed by atoms with van der Waals surface area (Å²) >= 11 is 0. The van der Waals surface area contributed by atoms with Gasteiger partial charge in [0.25, 0.3) is 0 Å². The largest absolute Gasteiger partial charge is 0.497 e. The van der Waals surface area contributed by atoms with Gasteiger partial charge < -0.3 is 14.6 Å². The minimum atomic E-state index is -0.119. The Kier molecular flexibility index (Phi) is 6.93. The minimum Gasteiger partial charge on any atom is -0.497 e. The van der Waals surface area contributed by atoms with Crippen molar-refractivity contribution in [1.82, 2.24) is 0 Å². The van der Waals surface area contributed by atoms with Crippen molar-refractivity contribution in [2.24, 2.45) is 0 Å². The third-order valence-electron chi connectivity index (χ3n) is 2.50. The van der Waals surface area contributed by atoms with Crippen molar-refractivity contribution in [3.05, 3.63) is 29.8 Å². The average molecular weight is 248 g/mol. The summed E-state index contributed by atoms with van der Waals surface area (Å²) in [4.78, 5) is 0. The van der Waals surface area contributed by atoms with Gasteiger partial charge in [-0.1, -0.05) is 37.3 Å². The fourth-order valence-corrected chi connectivity index (χ4v) is 1.54. The highest BCUT2D eigenvalue weighted by atomic mass is 16.5. The van der Waals surface area contributed by atoms with E-state index in [1.165, 1.54) is 0 Å². The standard InChI is InChI=1S/C15H20O3/c1-3-5-15(6-4-11-16)18-12-13-7-9-14(17-2)10-8-13/h7-10,15-16H,3,5,11-12H2,1-2H3. The van der Waals surface area contributed by atoms with Crippen LogP contribution in [-0.2, 0) is 11.3 Å². The molecule has 0 saturated carbocycles. The van der Waals surface area contributed by atoms with Crippen molar-refractivity contribution < 1.29 is 14.6 Å². The molecule has 3 nitrogen and oxygen atoms in total. The highest BCUT2D eigenvalue weighted by Gasteiger charge is 2.04. The molecule has 1 aromatic carbocycles. The zero-order valence-electron chi connectivity index (χ0n) is 11.0. The fourth-order valence-electron chi connectivity index (χ4n) is 1.54. The molecular weight excluding hydrogens is 228 g/mol. The molecule has 0 radical (unpaired) electrons. The molecule has 1 rings (SSSR count). The maximum absolute atomic E-state index is 8.68. The van der Waals surface area contributed by atoms with E-state index < -0.39 is 0 Å². The normalized spacial score (nSPS) is 11.5. The van der Waals surface area contributed by atoms with Crippen LogP contribution in [0.15, 0.2) is 24.3 Å². The van der Waals surface area contributed by atoms with Crippen LogP contribution in [0.3, 0.4) is 0 Å². The summed E-state index contributed by atoms with van der Waals surface area (Å²) in [7, 11) is 1.65. The van der Waals surface area contributed by atoms with Crippen LogP contribution in [0.25, 0.3) is 0 Å². The Morgan fingerprint density at radius 1 is 1.28 bits per heavy atom.